The van der Waals surface area contributed by atoms with E-state index in [1.54, 1.807) is 36.4 Å². The number of rotatable bonds is 9. The number of amides is 1. The number of likely N-dealkylation sites (N-methyl/N-ethyl adjacent to an activating group) is 1. The Labute approximate surface area is 169 Å². The Morgan fingerprint density at radius 2 is 1.83 bits per heavy atom. The van der Waals surface area contributed by atoms with Crippen LogP contribution in [-0.2, 0) is 11.3 Å². The fraction of sp³-hybridized carbons (Fsp3) is 0.333. The zero-order valence-corrected chi connectivity index (χ0v) is 16.7. The summed E-state index contributed by atoms with van der Waals surface area (Å²) in [5.41, 5.74) is 0.703. The smallest absolute Gasteiger partial charge is 0.278 e. The molecule has 1 N–H and O–H groups in total. The number of nitrogens with zero attached hydrogens (tertiary/aromatic N) is 4. The molecule has 3 aromatic rings. The molecule has 0 spiro atoms. The van der Waals surface area contributed by atoms with Crippen molar-refractivity contribution in [3.63, 3.8) is 0 Å². The van der Waals surface area contributed by atoms with Gasteiger partial charge in [0.25, 0.3) is 5.56 Å². The van der Waals surface area contributed by atoms with Gasteiger partial charge in [0.2, 0.25) is 5.91 Å². The summed E-state index contributed by atoms with van der Waals surface area (Å²) >= 11 is 0. The van der Waals surface area contributed by atoms with Gasteiger partial charge in [-0.15, -0.1) is 5.10 Å². The lowest BCUT2D eigenvalue weighted by Gasteiger charge is -2.19. The van der Waals surface area contributed by atoms with Crippen LogP contribution in [0.3, 0.4) is 0 Å². The summed E-state index contributed by atoms with van der Waals surface area (Å²) in [6, 6.07) is 14.1. The first-order valence-electron chi connectivity index (χ1n) is 9.69. The van der Waals surface area contributed by atoms with Crippen molar-refractivity contribution in [3.8, 4) is 5.75 Å². The third-order valence-corrected chi connectivity index (χ3v) is 4.64. The molecule has 0 bridgehead atoms. The second-order valence-electron chi connectivity index (χ2n) is 6.49. The maximum absolute atomic E-state index is 12.5. The molecule has 2 aromatic carbocycles. The number of fused-ring (bicyclic) bond motifs is 1. The zero-order valence-electron chi connectivity index (χ0n) is 16.7. The predicted octanol–water partition coefficient (Wildman–Crippen LogP) is 2.15. The highest BCUT2D eigenvalue weighted by Gasteiger charge is 2.12. The van der Waals surface area contributed by atoms with E-state index in [1.165, 1.54) is 0 Å². The molecule has 0 aliphatic heterocycles. The van der Waals surface area contributed by atoms with Gasteiger partial charge in [0, 0.05) is 6.54 Å². The van der Waals surface area contributed by atoms with Crippen molar-refractivity contribution in [2.24, 2.45) is 0 Å². The van der Waals surface area contributed by atoms with Crippen LogP contribution >= 0.6 is 0 Å². The molecule has 8 nitrogen and oxygen atoms in total. The SMILES string of the molecule is CCN(CC)CCOc1ccccc1NC(=O)Cn1nnc2ccccc2c1=O. The van der Waals surface area contributed by atoms with E-state index in [4.69, 9.17) is 4.74 Å². The van der Waals surface area contributed by atoms with E-state index in [2.05, 4.69) is 34.4 Å². The topological polar surface area (TPSA) is 89.3 Å². The average molecular weight is 395 g/mol. The summed E-state index contributed by atoms with van der Waals surface area (Å²) in [6.45, 7) is 7.22. The molecule has 29 heavy (non-hydrogen) atoms. The summed E-state index contributed by atoms with van der Waals surface area (Å²) < 4.78 is 6.91. The third-order valence-electron chi connectivity index (χ3n) is 4.64. The number of aromatic nitrogens is 3. The van der Waals surface area contributed by atoms with Crippen molar-refractivity contribution in [1.82, 2.24) is 19.9 Å². The van der Waals surface area contributed by atoms with Gasteiger partial charge >= 0.3 is 0 Å². The minimum absolute atomic E-state index is 0.232. The Hall–Kier alpha value is -3.26. The quantitative estimate of drug-likeness (QED) is 0.597. The van der Waals surface area contributed by atoms with Gasteiger partial charge in [0.05, 0.1) is 11.1 Å². The van der Waals surface area contributed by atoms with Crippen LogP contribution in [0.1, 0.15) is 13.8 Å². The van der Waals surface area contributed by atoms with E-state index >= 15 is 0 Å². The number of hydrogen-bond donors (Lipinski definition) is 1. The van der Waals surface area contributed by atoms with Crippen molar-refractivity contribution in [2.45, 2.75) is 20.4 Å². The lowest BCUT2D eigenvalue weighted by atomic mass is 10.2. The maximum Gasteiger partial charge on any atom is 0.278 e. The maximum atomic E-state index is 12.5. The van der Waals surface area contributed by atoms with Gasteiger partial charge in [-0.2, -0.15) is 0 Å². The Morgan fingerprint density at radius 3 is 2.62 bits per heavy atom. The van der Waals surface area contributed by atoms with Gasteiger partial charge in [0.1, 0.15) is 24.4 Å². The van der Waals surface area contributed by atoms with Crippen LogP contribution in [0, 0.1) is 0 Å². The number of anilines is 1. The first-order chi connectivity index (χ1) is 14.1. The van der Waals surface area contributed by atoms with Crippen molar-refractivity contribution in [1.29, 1.82) is 0 Å². The minimum Gasteiger partial charge on any atom is -0.490 e. The second-order valence-corrected chi connectivity index (χ2v) is 6.49. The van der Waals surface area contributed by atoms with Crippen LogP contribution in [0.15, 0.2) is 53.3 Å². The molecule has 0 unspecified atom stereocenters. The summed E-state index contributed by atoms with van der Waals surface area (Å²) in [6.07, 6.45) is 0. The van der Waals surface area contributed by atoms with E-state index in [0.29, 0.717) is 28.9 Å². The summed E-state index contributed by atoms with van der Waals surface area (Å²) in [5, 5.41) is 11.1. The van der Waals surface area contributed by atoms with Crippen LogP contribution in [0.5, 0.6) is 5.75 Å². The molecular formula is C21H25N5O3. The van der Waals surface area contributed by atoms with Crippen molar-refractivity contribution in [3.05, 3.63) is 58.9 Å². The van der Waals surface area contributed by atoms with E-state index in [0.717, 1.165) is 24.3 Å². The predicted molar refractivity (Wildman–Crippen MR) is 112 cm³/mol. The summed E-state index contributed by atoms with van der Waals surface area (Å²) in [4.78, 5) is 27.2. The molecule has 1 aromatic heterocycles. The van der Waals surface area contributed by atoms with E-state index in [-0.39, 0.29) is 18.0 Å². The number of carbonyl (C=O) groups is 1. The molecule has 0 saturated carbocycles. The van der Waals surface area contributed by atoms with Gasteiger partial charge in [-0.3, -0.25) is 9.59 Å². The van der Waals surface area contributed by atoms with E-state index in [1.807, 2.05) is 12.1 Å². The fourth-order valence-electron chi connectivity index (χ4n) is 2.97. The molecule has 8 heteroatoms. The highest BCUT2D eigenvalue weighted by Crippen LogP contribution is 2.23. The van der Waals surface area contributed by atoms with Crippen LogP contribution in [0.25, 0.3) is 10.9 Å². The number of benzene rings is 2. The fourth-order valence-corrected chi connectivity index (χ4v) is 2.97. The van der Waals surface area contributed by atoms with Crippen LogP contribution < -0.4 is 15.6 Å². The highest BCUT2D eigenvalue weighted by molar-refractivity contribution is 5.92. The monoisotopic (exact) mass is 395 g/mol. The summed E-state index contributed by atoms with van der Waals surface area (Å²) in [7, 11) is 0. The number of carbonyl (C=O) groups excluding carboxylic acids is 1. The molecule has 1 heterocycles. The largest absolute Gasteiger partial charge is 0.490 e. The first-order valence-corrected chi connectivity index (χ1v) is 9.69. The van der Waals surface area contributed by atoms with E-state index in [9.17, 15) is 9.59 Å². The molecule has 3 rings (SSSR count). The molecule has 0 atom stereocenters. The number of nitrogens with one attached hydrogen (secondary N) is 1. The molecule has 0 aliphatic rings. The second kappa shape index (κ2) is 9.79. The van der Waals surface area contributed by atoms with Crippen LogP contribution in [0.4, 0.5) is 5.69 Å². The minimum atomic E-state index is -0.378. The Morgan fingerprint density at radius 1 is 1.10 bits per heavy atom. The van der Waals surface area contributed by atoms with Crippen molar-refractivity contribution in [2.75, 3.05) is 31.6 Å². The molecule has 0 fully saturated rings. The number of ether oxygens (including phenoxy) is 1. The number of hydrogen-bond acceptors (Lipinski definition) is 6. The Balaban J connectivity index is 1.67. The molecular weight excluding hydrogens is 370 g/mol. The average Bonchev–Trinajstić information content (AvgIpc) is 2.74. The Bertz CT molecular complexity index is 1030. The molecule has 0 radical (unpaired) electrons. The van der Waals surface area contributed by atoms with Crippen molar-refractivity contribution < 1.29 is 9.53 Å². The lowest BCUT2D eigenvalue weighted by molar-refractivity contribution is -0.117. The van der Waals surface area contributed by atoms with Gasteiger partial charge in [-0.1, -0.05) is 43.3 Å². The molecule has 152 valence electrons. The van der Waals surface area contributed by atoms with Crippen LogP contribution in [-0.4, -0.2) is 52.0 Å². The number of para-hydroxylation sites is 2. The van der Waals surface area contributed by atoms with Gasteiger partial charge < -0.3 is 15.0 Å². The summed E-state index contributed by atoms with van der Waals surface area (Å²) in [5.74, 6) is 0.210. The van der Waals surface area contributed by atoms with Gasteiger partial charge in [-0.25, -0.2) is 4.68 Å². The van der Waals surface area contributed by atoms with Crippen molar-refractivity contribution >= 4 is 22.5 Å². The van der Waals surface area contributed by atoms with Crippen LogP contribution in [0.2, 0.25) is 0 Å². The van der Waals surface area contributed by atoms with Gasteiger partial charge in [-0.05, 0) is 37.4 Å². The Kier molecular flexibility index (Phi) is 6.91. The first kappa shape index (κ1) is 20.5. The lowest BCUT2D eigenvalue weighted by Crippen LogP contribution is -2.30. The zero-order chi connectivity index (χ0) is 20.6. The molecule has 1 amide bonds. The standard InChI is InChI=1S/C21H25N5O3/c1-3-25(4-2)13-14-29-19-12-8-7-11-18(19)22-20(27)15-26-21(28)16-9-5-6-10-17(16)23-24-26/h5-12H,3-4,13-15H2,1-2H3,(H,22,27). The highest BCUT2D eigenvalue weighted by atomic mass is 16.5. The van der Waals surface area contributed by atoms with E-state index < -0.39 is 0 Å². The molecule has 0 aliphatic carbocycles. The van der Waals surface area contributed by atoms with Gasteiger partial charge in [0.15, 0.2) is 0 Å². The third kappa shape index (κ3) is 5.17. The normalized spacial score (nSPS) is 11.0. The molecule has 0 saturated heterocycles.